The molecule has 0 amide bonds. The third-order valence-electron chi connectivity index (χ3n) is 5.73. The quantitative estimate of drug-likeness (QED) is 0.520. The van der Waals surface area contributed by atoms with Crippen LogP contribution in [-0.4, -0.2) is 45.2 Å². The molecule has 1 aromatic carbocycles. The Hall–Kier alpha value is -4.19. The summed E-state index contributed by atoms with van der Waals surface area (Å²) >= 11 is 0. The van der Waals surface area contributed by atoms with Gasteiger partial charge in [0.2, 0.25) is 5.95 Å². The van der Waals surface area contributed by atoms with E-state index in [0.717, 1.165) is 48.4 Å². The Morgan fingerprint density at radius 1 is 1.18 bits per heavy atom. The molecule has 2 aromatic heterocycles. The van der Waals surface area contributed by atoms with Crippen LogP contribution in [0.3, 0.4) is 0 Å². The highest BCUT2D eigenvalue weighted by Crippen LogP contribution is 2.26. The number of nitrogens with zero attached hydrogens (tertiary/aromatic N) is 5. The van der Waals surface area contributed by atoms with Gasteiger partial charge in [-0.25, -0.2) is 9.78 Å². The molecule has 0 radical (unpaired) electrons. The first kappa shape index (κ1) is 22.0. The summed E-state index contributed by atoms with van der Waals surface area (Å²) in [6, 6.07) is 9.57. The molecule has 3 heterocycles. The van der Waals surface area contributed by atoms with Crippen LogP contribution in [0.15, 0.2) is 42.9 Å². The number of piperidine rings is 1. The normalized spacial score (nSPS) is 13.9. The molecule has 168 valence electrons. The van der Waals surface area contributed by atoms with Crippen LogP contribution in [0.2, 0.25) is 0 Å². The van der Waals surface area contributed by atoms with Gasteiger partial charge in [0.15, 0.2) is 0 Å². The van der Waals surface area contributed by atoms with Crippen molar-refractivity contribution in [3.05, 3.63) is 65.1 Å². The van der Waals surface area contributed by atoms with Gasteiger partial charge < -0.3 is 20.6 Å². The molecule has 0 spiro atoms. The zero-order valence-corrected chi connectivity index (χ0v) is 18.5. The molecule has 1 aliphatic rings. The van der Waals surface area contributed by atoms with Crippen LogP contribution in [0, 0.1) is 25.2 Å². The van der Waals surface area contributed by atoms with Crippen molar-refractivity contribution in [2.45, 2.75) is 32.7 Å². The van der Waals surface area contributed by atoms with Gasteiger partial charge in [-0.3, -0.25) is 4.98 Å². The van der Waals surface area contributed by atoms with Gasteiger partial charge in [0.25, 0.3) is 0 Å². The maximum Gasteiger partial charge on any atom is 0.337 e. The number of aromatic nitrogens is 3. The molecule has 33 heavy (non-hydrogen) atoms. The first-order valence-electron chi connectivity index (χ1n) is 10.7. The fourth-order valence-corrected chi connectivity index (χ4v) is 4.03. The Morgan fingerprint density at radius 3 is 2.58 bits per heavy atom. The Kier molecular flexibility index (Phi) is 6.36. The molecule has 1 fully saturated rings. The smallest absolute Gasteiger partial charge is 0.337 e. The van der Waals surface area contributed by atoms with Crippen LogP contribution in [0.4, 0.5) is 23.1 Å². The number of aryl methyl sites for hydroxylation is 2. The molecule has 9 nitrogen and oxygen atoms in total. The maximum absolute atomic E-state index is 11.2. The van der Waals surface area contributed by atoms with Gasteiger partial charge in [0.1, 0.15) is 5.82 Å². The average molecular weight is 444 g/mol. The summed E-state index contributed by atoms with van der Waals surface area (Å²) in [5.74, 6) is 0.257. The number of carboxylic acid groups (broad SMARTS) is 1. The third-order valence-corrected chi connectivity index (χ3v) is 5.73. The molecule has 0 unspecified atom stereocenters. The second-order valence-corrected chi connectivity index (χ2v) is 8.13. The van der Waals surface area contributed by atoms with E-state index < -0.39 is 5.97 Å². The first-order chi connectivity index (χ1) is 15.9. The predicted octanol–water partition coefficient (Wildman–Crippen LogP) is 3.88. The molecule has 0 saturated carbocycles. The van der Waals surface area contributed by atoms with Crippen LogP contribution >= 0.6 is 0 Å². The fourth-order valence-electron chi connectivity index (χ4n) is 4.03. The number of carbonyl (C=O) groups is 1. The number of nitriles is 1. The Labute approximate surface area is 192 Å². The highest BCUT2D eigenvalue weighted by Gasteiger charge is 2.21. The maximum atomic E-state index is 11.2. The van der Waals surface area contributed by atoms with Crippen LogP contribution in [0.25, 0.3) is 0 Å². The van der Waals surface area contributed by atoms with E-state index in [9.17, 15) is 9.90 Å². The lowest BCUT2D eigenvalue weighted by Gasteiger charge is -2.33. The van der Waals surface area contributed by atoms with E-state index in [1.165, 1.54) is 6.20 Å². The standard InChI is InChI=1S/C24H25N7O2/c1-15-9-17(12-25)10-16(2)22(15)29-21-3-6-27-24(30-21)28-19-4-7-31(8-5-19)20-11-18(23(32)33)13-26-14-20/h3,6,9-11,13-14,19H,4-5,7-8H2,1-2H3,(H,32,33)(H2,27,28,29,30). The van der Waals surface area contributed by atoms with E-state index in [1.807, 2.05) is 32.0 Å². The summed E-state index contributed by atoms with van der Waals surface area (Å²) in [4.78, 5) is 26.4. The van der Waals surface area contributed by atoms with E-state index in [1.54, 1.807) is 18.5 Å². The van der Waals surface area contributed by atoms with Gasteiger partial charge in [0.05, 0.1) is 29.1 Å². The lowest BCUT2D eigenvalue weighted by molar-refractivity contribution is 0.0696. The molecule has 4 rings (SSSR count). The molecular formula is C24H25N7O2. The first-order valence-corrected chi connectivity index (χ1v) is 10.7. The molecule has 9 heteroatoms. The average Bonchev–Trinajstić information content (AvgIpc) is 2.82. The van der Waals surface area contributed by atoms with Gasteiger partial charge >= 0.3 is 5.97 Å². The van der Waals surface area contributed by atoms with E-state index in [4.69, 9.17) is 5.26 Å². The van der Waals surface area contributed by atoms with Crippen molar-refractivity contribution in [1.29, 1.82) is 5.26 Å². The lowest BCUT2D eigenvalue weighted by Crippen LogP contribution is -2.39. The molecule has 0 aliphatic carbocycles. The van der Waals surface area contributed by atoms with E-state index >= 15 is 0 Å². The van der Waals surface area contributed by atoms with Gasteiger partial charge in [-0.15, -0.1) is 0 Å². The molecule has 0 bridgehead atoms. The topological polar surface area (TPSA) is 127 Å². The monoisotopic (exact) mass is 443 g/mol. The minimum atomic E-state index is -0.974. The van der Waals surface area contributed by atoms with Gasteiger partial charge in [-0.1, -0.05) is 0 Å². The zero-order valence-electron chi connectivity index (χ0n) is 18.5. The summed E-state index contributed by atoms with van der Waals surface area (Å²) in [5, 5.41) is 25.1. The molecule has 3 aromatic rings. The summed E-state index contributed by atoms with van der Waals surface area (Å²) in [6.07, 6.45) is 6.51. The summed E-state index contributed by atoms with van der Waals surface area (Å²) in [5.41, 5.74) is 4.55. The van der Waals surface area contributed by atoms with Crippen molar-refractivity contribution < 1.29 is 9.90 Å². The Bertz CT molecular complexity index is 1190. The Balaban J connectivity index is 1.39. The van der Waals surface area contributed by atoms with Crippen molar-refractivity contribution in [2.24, 2.45) is 0 Å². The zero-order chi connectivity index (χ0) is 23.4. The number of pyridine rings is 1. The van der Waals surface area contributed by atoms with Crippen LogP contribution < -0.4 is 15.5 Å². The van der Waals surface area contributed by atoms with E-state index in [-0.39, 0.29) is 11.6 Å². The van der Waals surface area contributed by atoms with Crippen LogP contribution in [-0.2, 0) is 0 Å². The fraction of sp³-hybridized carbons (Fsp3) is 0.292. The van der Waals surface area contributed by atoms with Gasteiger partial charge in [0, 0.05) is 37.2 Å². The summed E-state index contributed by atoms with van der Waals surface area (Å²) in [7, 11) is 0. The number of hydrogen-bond donors (Lipinski definition) is 3. The van der Waals surface area contributed by atoms with Gasteiger partial charge in [-0.05, 0) is 62.1 Å². The Morgan fingerprint density at radius 2 is 1.91 bits per heavy atom. The second-order valence-electron chi connectivity index (χ2n) is 8.13. The van der Waals surface area contributed by atoms with Crippen molar-refractivity contribution in [2.75, 3.05) is 28.6 Å². The van der Waals surface area contributed by atoms with Crippen LogP contribution in [0.1, 0.15) is 39.9 Å². The minimum absolute atomic E-state index is 0.193. The number of nitrogens with one attached hydrogen (secondary N) is 2. The van der Waals surface area contributed by atoms with Crippen molar-refractivity contribution in [1.82, 2.24) is 15.0 Å². The number of anilines is 4. The third kappa shape index (κ3) is 5.18. The molecule has 3 N–H and O–H groups in total. The van der Waals surface area contributed by atoms with E-state index in [0.29, 0.717) is 17.3 Å². The number of hydrogen-bond acceptors (Lipinski definition) is 8. The van der Waals surface area contributed by atoms with E-state index in [2.05, 4.69) is 36.6 Å². The lowest BCUT2D eigenvalue weighted by atomic mass is 10.0. The minimum Gasteiger partial charge on any atom is -0.478 e. The molecular weight excluding hydrogens is 418 g/mol. The highest BCUT2D eigenvalue weighted by atomic mass is 16.4. The second kappa shape index (κ2) is 9.53. The summed E-state index contributed by atoms with van der Waals surface area (Å²) in [6.45, 7) is 5.49. The molecule has 0 atom stereocenters. The van der Waals surface area contributed by atoms with Gasteiger partial charge in [-0.2, -0.15) is 10.2 Å². The number of aromatic carboxylic acids is 1. The molecule has 1 aliphatic heterocycles. The SMILES string of the molecule is Cc1cc(C#N)cc(C)c1Nc1ccnc(NC2CCN(c3cncc(C(=O)O)c3)CC2)n1. The number of carboxylic acids is 1. The van der Waals surface area contributed by atoms with Crippen molar-refractivity contribution in [3.8, 4) is 6.07 Å². The highest BCUT2D eigenvalue weighted by molar-refractivity contribution is 5.88. The van der Waals surface area contributed by atoms with Crippen molar-refractivity contribution >= 4 is 29.1 Å². The largest absolute Gasteiger partial charge is 0.478 e. The predicted molar refractivity (Wildman–Crippen MR) is 126 cm³/mol. The van der Waals surface area contributed by atoms with Crippen LogP contribution in [0.5, 0.6) is 0 Å². The number of rotatable bonds is 6. The number of benzene rings is 1. The summed E-state index contributed by atoms with van der Waals surface area (Å²) < 4.78 is 0. The molecule has 1 saturated heterocycles. The van der Waals surface area contributed by atoms with Crippen molar-refractivity contribution in [3.63, 3.8) is 0 Å².